The molecule has 7 nitrogen and oxygen atoms in total. The van der Waals surface area contributed by atoms with Crippen molar-refractivity contribution in [2.24, 2.45) is 0 Å². The maximum absolute atomic E-state index is 12.0. The van der Waals surface area contributed by atoms with Gasteiger partial charge < -0.3 is 9.84 Å². The third kappa shape index (κ3) is 4.17. The van der Waals surface area contributed by atoms with Crippen molar-refractivity contribution in [1.82, 2.24) is 9.88 Å². The van der Waals surface area contributed by atoms with E-state index in [0.717, 1.165) is 17.0 Å². The van der Waals surface area contributed by atoms with Crippen LogP contribution in [0.5, 0.6) is 0 Å². The molecule has 124 valence electrons. The molecule has 2 aromatic rings. The van der Waals surface area contributed by atoms with Crippen LogP contribution in [0.25, 0.3) is 0 Å². The number of carbonyl (C=O) groups excluding carboxylic acids is 1. The van der Waals surface area contributed by atoms with Crippen LogP contribution in [-0.4, -0.2) is 26.5 Å². The zero-order valence-electron chi connectivity index (χ0n) is 13.2. The highest BCUT2D eigenvalue weighted by Gasteiger charge is 2.13. The summed E-state index contributed by atoms with van der Waals surface area (Å²) < 4.78 is 30.5. The molecule has 2 N–H and O–H groups in total. The fourth-order valence-electron chi connectivity index (χ4n) is 2.16. The molecular weight excluding hydrogens is 318 g/mol. The molecule has 0 bridgehead atoms. The van der Waals surface area contributed by atoms with Crippen molar-refractivity contribution < 1.29 is 17.7 Å². The van der Waals surface area contributed by atoms with Crippen LogP contribution in [0, 0.1) is 13.8 Å². The molecule has 1 amide bonds. The minimum Gasteiger partial charge on any atom is -0.361 e. The van der Waals surface area contributed by atoms with E-state index in [4.69, 9.17) is 4.52 Å². The second-order valence-electron chi connectivity index (χ2n) is 5.08. The average molecular weight is 337 g/mol. The first kappa shape index (κ1) is 17.2. The first-order valence-electron chi connectivity index (χ1n) is 7.08. The van der Waals surface area contributed by atoms with E-state index in [1.54, 1.807) is 12.1 Å². The van der Waals surface area contributed by atoms with Gasteiger partial charge in [-0.15, -0.1) is 0 Å². The summed E-state index contributed by atoms with van der Waals surface area (Å²) in [6, 6.07) is 5.99. The summed E-state index contributed by atoms with van der Waals surface area (Å²) in [6.45, 7) is 3.65. The van der Waals surface area contributed by atoms with E-state index in [2.05, 4.69) is 15.2 Å². The highest BCUT2D eigenvalue weighted by Crippen LogP contribution is 2.16. The molecule has 0 saturated carbocycles. The number of carbonyl (C=O) groups is 1. The van der Waals surface area contributed by atoms with E-state index in [-0.39, 0.29) is 10.8 Å². The van der Waals surface area contributed by atoms with Crippen LogP contribution in [0.4, 0.5) is 5.69 Å². The molecule has 0 aliphatic rings. The zero-order valence-corrected chi connectivity index (χ0v) is 14.0. The minimum atomic E-state index is -3.47. The van der Waals surface area contributed by atoms with Crippen molar-refractivity contribution in [3.05, 3.63) is 41.3 Å². The molecule has 8 heteroatoms. The highest BCUT2D eigenvalue weighted by molar-refractivity contribution is 7.89. The Morgan fingerprint density at radius 1 is 1.22 bits per heavy atom. The van der Waals surface area contributed by atoms with Crippen LogP contribution < -0.4 is 10.0 Å². The first-order chi connectivity index (χ1) is 10.8. The summed E-state index contributed by atoms with van der Waals surface area (Å²) in [5.74, 6) is 0.561. The van der Waals surface area contributed by atoms with Gasteiger partial charge in [0.2, 0.25) is 15.9 Å². The Labute approximate surface area is 135 Å². The second kappa shape index (κ2) is 6.93. The van der Waals surface area contributed by atoms with Crippen LogP contribution in [0.3, 0.4) is 0 Å². The molecule has 0 spiro atoms. The van der Waals surface area contributed by atoms with E-state index < -0.39 is 10.0 Å². The predicted molar refractivity (Wildman–Crippen MR) is 85.6 cm³/mol. The third-order valence-corrected chi connectivity index (χ3v) is 4.93. The summed E-state index contributed by atoms with van der Waals surface area (Å²) in [6.07, 6.45) is 0.832. The Morgan fingerprint density at radius 3 is 2.39 bits per heavy atom. The topological polar surface area (TPSA) is 101 Å². The molecule has 1 heterocycles. The molecule has 0 saturated heterocycles. The van der Waals surface area contributed by atoms with Crippen molar-refractivity contribution in [3.8, 4) is 0 Å². The lowest BCUT2D eigenvalue weighted by atomic mass is 10.1. The number of anilines is 1. The summed E-state index contributed by atoms with van der Waals surface area (Å²) >= 11 is 0. The predicted octanol–water partition coefficient (Wildman–Crippen LogP) is 1.77. The molecule has 1 aromatic carbocycles. The zero-order chi connectivity index (χ0) is 17.0. The molecule has 23 heavy (non-hydrogen) atoms. The summed E-state index contributed by atoms with van der Waals surface area (Å²) in [5, 5.41) is 6.58. The SMILES string of the molecule is CNS(=O)(=O)c1ccc(NC(=O)CCc2c(C)noc2C)cc1. The van der Waals surface area contributed by atoms with Gasteiger partial charge in [0.05, 0.1) is 10.6 Å². The number of hydrogen-bond donors (Lipinski definition) is 2. The Hall–Kier alpha value is -2.19. The lowest BCUT2D eigenvalue weighted by Crippen LogP contribution is -2.18. The fraction of sp³-hybridized carbons (Fsp3) is 0.333. The number of nitrogens with one attached hydrogen (secondary N) is 2. The first-order valence-corrected chi connectivity index (χ1v) is 8.57. The van der Waals surface area contributed by atoms with Gasteiger partial charge in [-0.3, -0.25) is 4.79 Å². The van der Waals surface area contributed by atoms with E-state index >= 15 is 0 Å². The number of amides is 1. The van der Waals surface area contributed by atoms with Gasteiger partial charge in [0.25, 0.3) is 0 Å². The average Bonchev–Trinajstić information content (AvgIpc) is 2.84. The lowest BCUT2D eigenvalue weighted by molar-refractivity contribution is -0.116. The minimum absolute atomic E-state index is 0.147. The standard InChI is InChI=1S/C15H19N3O4S/c1-10-14(11(2)22-18-10)8-9-15(19)17-12-4-6-13(7-5-12)23(20,21)16-3/h4-7,16H,8-9H2,1-3H3,(H,17,19). The normalized spacial score (nSPS) is 11.4. The van der Waals surface area contributed by atoms with Crippen molar-refractivity contribution in [2.45, 2.75) is 31.6 Å². The van der Waals surface area contributed by atoms with Gasteiger partial charge in [-0.05, 0) is 51.6 Å². The van der Waals surface area contributed by atoms with E-state index in [1.807, 2.05) is 13.8 Å². The van der Waals surface area contributed by atoms with Gasteiger partial charge in [-0.25, -0.2) is 13.1 Å². The number of benzene rings is 1. The van der Waals surface area contributed by atoms with Crippen molar-refractivity contribution in [3.63, 3.8) is 0 Å². The molecule has 0 atom stereocenters. The van der Waals surface area contributed by atoms with Gasteiger partial charge in [0, 0.05) is 17.7 Å². The Morgan fingerprint density at radius 2 is 1.87 bits per heavy atom. The largest absolute Gasteiger partial charge is 0.361 e. The number of aryl methyl sites for hydroxylation is 2. The molecule has 0 unspecified atom stereocenters. The lowest BCUT2D eigenvalue weighted by Gasteiger charge is -2.07. The smallest absolute Gasteiger partial charge is 0.240 e. The number of sulfonamides is 1. The van der Waals surface area contributed by atoms with Crippen molar-refractivity contribution in [1.29, 1.82) is 0 Å². The summed E-state index contributed by atoms with van der Waals surface area (Å²) in [7, 11) is -2.13. The number of rotatable bonds is 6. The molecular formula is C15H19N3O4S. The van der Waals surface area contributed by atoms with Crippen LogP contribution in [0.2, 0.25) is 0 Å². The third-order valence-electron chi connectivity index (χ3n) is 3.50. The molecule has 2 rings (SSSR count). The van der Waals surface area contributed by atoms with Gasteiger partial charge in [-0.2, -0.15) is 0 Å². The quantitative estimate of drug-likeness (QED) is 0.836. The molecule has 0 aliphatic heterocycles. The fourth-order valence-corrected chi connectivity index (χ4v) is 2.89. The Kier molecular flexibility index (Phi) is 5.17. The highest BCUT2D eigenvalue weighted by atomic mass is 32.2. The number of hydrogen-bond acceptors (Lipinski definition) is 5. The monoisotopic (exact) mass is 337 g/mol. The van der Waals surface area contributed by atoms with Gasteiger partial charge >= 0.3 is 0 Å². The maximum atomic E-state index is 12.0. The van der Waals surface area contributed by atoms with Crippen LogP contribution in [0.1, 0.15) is 23.4 Å². The van der Waals surface area contributed by atoms with Gasteiger partial charge in [-0.1, -0.05) is 5.16 Å². The van der Waals surface area contributed by atoms with E-state index in [0.29, 0.717) is 18.5 Å². The summed E-state index contributed by atoms with van der Waals surface area (Å²) in [4.78, 5) is 12.1. The van der Waals surface area contributed by atoms with Crippen LogP contribution in [-0.2, 0) is 21.2 Å². The number of nitrogens with zero attached hydrogens (tertiary/aromatic N) is 1. The van der Waals surface area contributed by atoms with Gasteiger partial charge in [0.1, 0.15) is 5.76 Å². The van der Waals surface area contributed by atoms with E-state index in [9.17, 15) is 13.2 Å². The molecule has 1 aromatic heterocycles. The molecule has 0 radical (unpaired) electrons. The summed E-state index contributed by atoms with van der Waals surface area (Å²) in [5.41, 5.74) is 2.27. The van der Waals surface area contributed by atoms with Crippen molar-refractivity contribution >= 4 is 21.6 Å². The van der Waals surface area contributed by atoms with Gasteiger partial charge in [0.15, 0.2) is 0 Å². The van der Waals surface area contributed by atoms with Crippen molar-refractivity contribution in [2.75, 3.05) is 12.4 Å². The maximum Gasteiger partial charge on any atom is 0.240 e. The molecule has 0 aliphatic carbocycles. The van der Waals surface area contributed by atoms with Crippen LogP contribution in [0.15, 0.2) is 33.7 Å². The van der Waals surface area contributed by atoms with E-state index in [1.165, 1.54) is 19.2 Å². The second-order valence-corrected chi connectivity index (χ2v) is 6.97. The number of aromatic nitrogens is 1. The Balaban J connectivity index is 1.96. The Bertz CT molecular complexity index is 775. The molecule has 0 fully saturated rings. The van der Waals surface area contributed by atoms with Crippen LogP contribution >= 0.6 is 0 Å².